The minimum Gasteiger partial charge on any atom is -0.335 e. The number of amides is 2. The van der Waals surface area contributed by atoms with Crippen molar-refractivity contribution in [3.05, 3.63) is 30.1 Å². The summed E-state index contributed by atoms with van der Waals surface area (Å²) in [5.41, 5.74) is 1.14. The molecule has 1 unspecified atom stereocenters. The number of pyridine rings is 1. The summed E-state index contributed by atoms with van der Waals surface area (Å²) in [5, 5.41) is 3.13. The van der Waals surface area contributed by atoms with Gasteiger partial charge in [-0.3, -0.25) is 9.88 Å². The highest BCUT2D eigenvalue weighted by molar-refractivity contribution is 5.75. The predicted octanol–water partition coefficient (Wildman–Crippen LogP) is 2.24. The van der Waals surface area contributed by atoms with Crippen molar-refractivity contribution in [3.8, 4) is 0 Å². The Hall–Kier alpha value is -1.62. The molecule has 1 saturated carbocycles. The minimum absolute atomic E-state index is 0.0854. The monoisotopic (exact) mass is 302 g/mol. The Balaban J connectivity index is 1.66. The van der Waals surface area contributed by atoms with Crippen LogP contribution in [0.4, 0.5) is 4.79 Å². The lowest BCUT2D eigenvalue weighted by Crippen LogP contribution is -2.47. The van der Waals surface area contributed by atoms with E-state index in [1.54, 1.807) is 12.4 Å². The van der Waals surface area contributed by atoms with Crippen molar-refractivity contribution in [1.82, 2.24) is 20.1 Å². The molecular weight excluding hydrogens is 276 g/mol. The molecule has 0 aromatic carbocycles. The van der Waals surface area contributed by atoms with Crippen LogP contribution in [0.5, 0.6) is 0 Å². The number of nitrogens with zero attached hydrogens (tertiary/aromatic N) is 3. The first-order chi connectivity index (χ1) is 10.8. The van der Waals surface area contributed by atoms with Crippen LogP contribution in [0.3, 0.4) is 0 Å². The second-order valence-electron chi connectivity index (χ2n) is 6.38. The Bertz CT molecular complexity index is 489. The van der Waals surface area contributed by atoms with E-state index in [0.29, 0.717) is 18.6 Å². The molecule has 1 aromatic heterocycles. The molecule has 0 radical (unpaired) electrons. The number of hydrogen-bond acceptors (Lipinski definition) is 3. The topological polar surface area (TPSA) is 48.5 Å². The van der Waals surface area contributed by atoms with Gasteiger partial charge in [0, 0.05) is 37.6 Å². The molecule has 2 aliphatic rings. The van der Waals surface area contributed by atoms with Gasteiger partial charge < -0.3 is 10.2 Å². The van der Waals surface area contributed by atoms with Crippen molar-refractivity contribution in [3.63, 3.8) is 0 Å². The first-order valence-corrected chi connectivity index (χ1v) is 8.44. The van der Waals surface area contributed by atoms with Gasteiger partial charge in [0.25, 0.3) is 0 Å². The molecule has 3 rings (SSSR count). The van der Waals surface area contributed by atoms with Gasteiger partial charge in [0.05, 0.1) is 0 Å². The number of rotatable bonds is 6. The van der Waals surface area contributed by atoms with Crippen LogP contribution in [-0.4, -0.2) is 52.5 Å². The molecule has 0 bridgehead atoms. The van der Waals surface area contributed by atoms with Crippen molar-refractivity contribution < 1.29 is 4.79 Å². The maximum atomic E-state index is 12.6. The van der Waals surface area contributed by atoms with Crippen molar-refractivity contribution in [1.29, 1.82) is 0 Å². The van der Waals surface area contributed by atoms with Crippen LogP contribution in [0.2, 0.25) is 0 Å². The molecule has 120 valence electrons. The summed E-state index contributed by atoms with van der Waals surface area (Å²) >= 11 is 0. The van der Waals surface area contributed by atoms with Crippen LogP contribution in [-0.2, 0) is 6.54 Å². The van der Waals surface area contributed by atoms with Crippen LogP contribution in [0.15, 0.2) is 24.5 Å². The normalized spacial score (nSPS) is 21.8. The number of aromatic nitrogens is 1. The van der Waals surface area contributed by atoms with E-state index in [1.807, 2.05) is 17.0 Å². The zero-order valence-electron chi connectivity index (χ0n) is 13.4. The van der Waals surface area contributed by atoms with E-state index in [-0.39, 0.29) is 6.03 Å². The third kappa shape index (κ3) is 3.97. The van der Waals surface area contributed by atoms with Gasteiger partial charge in [-0.15, -0.1) is 0 Å². The van der Waals surface area contributed by atoms with Gasteiger partial charge in [-0.25, -0.2) is 4.79 Å². The van der Waals surface area contributed by atoms with E-state index in [4.69, 9.17) is 0 Å². The fourth-order valence-corrected chi connectivity index (χ4v) is 3.19. The molecule has 0 spiro atoms. The molecule has 2 amide bonds. The first kappa shape index (κ1) is 15.3. The molecule has 22 heavy (non-hydrogen) atoms. The lowest BCUT2D eigenvalue weighted by molar-refractivity contribution is 0.164. The maximum absolute atomic E-state index is 12.6. The summed E-state index contributed by atoms with van der Waals surface area (Å²) in [6.45, 7) is 5.91. The molecular formula is C17H26N4O. The SMILES string of the molecule is CCN1CCCC1CN(Cc1ccncc1)C(=O)NC1CC1. The van der Waals surface area contributed by atoms with Crippen molar-refractivity contribution in [2.45, 2.75) is 51.2 Å². The molecule has 5 heteroatoms. The average Bonchev–Trinajstić information content (AvgIpc) is 3.23. The Morgan fingerprint density at radius 1 is 1.36 bits per heavy atom. The Morgan fingerprint density at radius 2 is 2.14 bits per heavy atom. The Kier molecular flexibility index (Phi) is 4.93. The summed E-state index contributed by atoms with van der Waals surface area (Å²) < 4.78 is 0. The highest BCUT2D eigenvalue weighted by atomic mass is 16.2. The van der Waals surface area contributed by atoms with Crippen molar-refractivity contribution >= 4 is 6.03 Å². The van der Waals surface area contributed by atoms with Crippen LogP contribution < -0.4 is 5.32 Å². The predicted molar refractivity (Wildman–Crippen MR) is 86.5 cm³/mol. The second kappa shape index (κ2) is 7.09. The zero-order chi connectivity index (χ0) is 15.4. The number of carbonyl (C=O) groups excluding carboxylic acids is 1. The molecule has 1 atom stereocenters. The van der Waals surface area contributed by atoms with Gasteiger partial charge in [0.2, 0.25) is 0 Å². The van der Waals surface area contributed by atoms with Gasteiger partial charge in [-0.2, -0.15) is 0 Å². The highest BCUT2D eigenvalue weighted by Gasteiger charge is 2.30. The van der Waals surface area contributed by atoms with E-state index in [1.165, 1.54) is 12.8 Å². The third-order valence-electron chi connectivity index (χ3n) is 4.65. The van der Waals surface area contributed by atoms with Crippen LogP contribution in [0.1, 0.15) is 38.2 Å². The van der Waals surface area contributed by atoms with Crippen LogP contribution in [0.25, 0.3) is 0 Å². The van der Waals surface area contributed by atoms with Gasteiger partial charge >= 0.3 is 6.03 Å². The largest absolute Gasteiger partial charge is 0.335 e. The van der Waals surface area contributed by atoms with E-state index >= 15 is 0 Å². The second-order valence-corrected chi connectivity index (χ2v) is 6.38. The molecule has 1 aromatic rings. The van der Waals surface area contributed by atoms with E-state index in [2.05, 4.69) is 22.1 Å². The Morgan fingerprint density at radius 3 is 2.82 bits per heavy atom. The standard InChI is InChI=1S/C17H26N4O/c1-2-20-11-3-4-16(20)13-21(17(22)19-15-5-6-15)12-14-7-9-18-10-8-14/h7-10,15-16H,2-6,11-13H2,1H3,(H,19,22). The number of likely N-dealkylation sites (tertiary alicyclic amines) is 1. The van der Waals surface area contributed by atoms with Crippen molar-refractivity contribution in [2.75, 3.05) is 19.6 Å². The van der Waals surface area contributed by atoms with Crippen LogP contribution >= 0.6 is 0 Å². The van der Waals surface area contributed by atoms with Crippen molar-refractivity contribution in [2.24, 2.45) is 0 Å². The summed E-state index contributed by atoms with van der Waals surface area (Å²) in [6.07, 6.45) is 8.27. The Labute approximate surface area is 132 Å². The van der Waals surface area contributed by atoms with Gasteiger partial charge in [-0.1, -0.05) is 6.92 Å². The van der Waals surface area contributed by atoms with Crippen LogP contribution in [0, 0.1) is 0 Å². The summed E-state index contributed by atoms with van der Waals surface area (Å²) in [6, 6.07) is 4.96. The van der Waals surface area contributed by atoms with Gasteiger partial charge in [-0.05, 0) is 56.5 Å². The smallest absolute Gasteiger partial charge is 0.317 e. The zero-order valence-corrected chi connectivity index (χ0v) is 13.4. The number of nitrogens with one attached hydrogen (secondary N) is 1. The fraction of sp³-hybridized carbons (Fsp3) is 0.647. The minimum atomic E-state index is 0.0854. The number of likely N-dealkylation sites (N-methyl/N-ethyl adjacent to an activating group) is 1. The summed E-state index contributed by atoms with van der Waals surface area (Å²) in [5.74, 6) is 0. The van der Waals surface area contributed by atoms with E-state index < -0.39 is 0 Å². The molecule has 1 N–H and O–H groups in total. The quantitative estimate of drug-likeness (QED) is 0.877. The van der Waals surface area contributed by atoms with Gasteiger partial charge in [0.15, 0.2) is 0 Å². The molecule has 1 saturated heterocycles. The lowest BCUT2D eigenvalue weighted by Gasteiger charge is -2.30. The molecule has 2 fully saturated rings. The van der Waals surface area contributed by atoms with E-state index in [9.17, 15) is 4.79 Å². The molecule has 5 nitrogen and oxygen atoms in total. The number of carbonyl (C=O) groups is 1. The van der Waals surface area contributed by atoms with E-state index in [0.717, 1.165) is 38.0 Å². The van der Waals surface area contributed by atoms with Gasteiger partial charge in [0.1, 0.15) is 0 Å². The maximum Gasteiger partial charge on any atom is 0.317 e. The fourth-order valence-electron chi connectivity index (χ4n) is 3.19. The average molecular weight is 302 g/mol. The number of hydrogen-bond donors (Lipinski definition) is 1. The highest BCUT2D eigenvalue weighted by Crippen LogP contribution is 2.21. The molecule has 1 aliphatic heterocycles. The summed E-state index contributed by atoms with van der Waals surface area (Å²) in [7, 11) is 0. The first-order valence-electron chi connectivity index (χ1n) is 8.44. The number of urea groups is 1. The lowest BCUT2D eigenvalue weighted by atomic mass is 10.2. The molecule has 1 aliphatic carbocycles. The third-order valence-corrected chi connectivity index (χ3v) is 4.65. The molecule has 2 heterocycles. The summed E-state index contributed by atoms with van der Waals surface area (Å²) in [4.78, 5) is 21.1.